The van der Waals surface area contributed by atoms with Crippen LogP contribution in [0.2, 0.25) is 5.02 Å². The number of likely N-dealkylation sites (N-methyl/N-ethyl adjacent to an activating group) is 1. The van der Waals surface area contributed by atoms with Crippen molar-refractivity contribution in [1.29, 1.82) is 0 Å². The molecule has 3 rings (SSSR count). The van der Waals surface area contributed by atoms with Crippen LogP contribution in [-0.2, 0) is 0 Å². The minimum Gasteiger partial charge on any atom is -0.358 e. The van der Waals surface area contributed by atoms with Crippen molar-refractivity contribution in [3.63, 3.8) is 0 Å². The van der Waals surface area contributed by atoms with Gasteiger partial charge in [-0.15, -0.1) is 0 Å². The lowest BCUT2D eigenvalue weighted by molar-refractivity contribution is -0.898. The van der Waals surface area contributed by atoms with Crippen molar-refractivity contribution in [2.75, 3.05) is 43.0 Å². The highest BCUT2D eigenvalue weighted by Gasteiger charge is 2.21. The van der Waals surface area contributed by atoms with Crippen molar-refractivity contribution < 1.29 is 9.29 Å². The third-order valence-corrected chi connectivity index (χ3v) is 5.13. The van der Waals surface area contributed by atoms with Crippen LogP contribution in [-0.4, -0.2) is 38.4 Å². The van der Waals surface area contributed by atoms with Crippen LogP contribution >= 0.6 is 11.6 Å². The van der Waals surface area contributed by atoms with Crippen molar-refractivity contribution in [2.45, 2.75) is 13.8 Å². The quantitative estimate of drug-likeness (QED) is 0.622. The van der Waals surface area contributed by atoms with E-state index >= 15 is 0 Å². The topological polar surface area (TPSA) is 32.1 Å². The second-order valence-corrected chi connectivity index (χ2v) is 7.01. The van der Waals surface area contributed by atoms with Crippen molar-refractivity contribution in [2.24, 2.45) is 5.10 Å². The number of hydrogen-bond acceptors (Lipinski definition) is 3. The molecule has 1 fully saturated rings. The van der Waals surface area contributed by atoms with Gasteiger partial charge in [0.1, 0.15) is 5.82 Å². The molecule has 138 valence electrons. The molecule has 2 aromatic carbocycles. The lowest BCUT2D eigenvalue weighted by Crippen LogP contribution is -3.14. The first-order valence-electron chi connectivity index (χ1n) is 9.01. The van der Waals surface area contributed by atoms with Crippen LogP contribution in [0.25, 0.3) is 0 Å². The van der Waals surface area contributed by atoms with Gasteiger partial charge in [0.15, 0.2) is 0 Å². The van der Waals surface area contributed by atoms with Crippen LogP contribution in [0, 0.1) is 5.82 Å². The molecule has 1 aliphatic rings. The van der Waals surface area contributed by atoms with E-state index in [1.54, 1.807) is 23.1 Å². The monoisotopic (exact) mass is 375 g/mol. The third-order valence-electron chi connectivity index (χ3n) is 4.87. The van der Waals surface area contributed by atoms with Gasteiger partial charge in [-0.25, -0.2) is 4.39 Å². The van der Waals surface area contributed by atoms with Crippen LogP contribution in [0.1, 0.15) is 19.4 Å². The van der Waals surface area contributed by atoms with Crippen LogP contribution in [0.3, 0.4) is 0 Å². The number of anilines is 2. The molecular formula is C20H25ClFN4+. The highest BCUT2D eigenvalue weighted by atomic mass is 35.5. The number of nitrogens with zero attached hydrogens (tertiary/aromatic N) is 2. The molecule has 0 spiro atoms. The lowest BCUT2D eigenvalue weighted by atomic mass is 10.1. The van der Waals surface area contributed by atoms with Gasteiger partial charge in [-0.1, -0.05) is 17.7 Å². The largest absolute Gasteiger partial charge is 0.358 e. The molecule has 1 aliphatic heterocycles. The summed E-state index contributed by atoms with van der Waals surface area (Å²) in [6, 6.07) is 12.6. The third kappa shape index (κ3) is 4.54. The first kappa shape index (κ1) is 18.7. The summed E-state index contributed by atoms with van der Waals surface area (Å²) in [5.41, 5.74) is 5.99. The molecule has 0 radical (unpaired) electrons. The average molecular weight is 376 g/mol. The molecule has 1 heterocycles. The van der Waals surface area contributed by atoms with Gasteiger partial charge >= 0.3 is 0 Å². The maximum absolute atomic E-state index is 14.6. The highest BCUT2D eigenvalue weighted by Crippen LogP contribution is 2.21. The Balaban J connectivity index is 1.68. The predicted octanol–water partition coefficient (Wildman–Crippen LogP) is 3.04. The Kier molecular flexibility index (Phi) is 6.12. The van der Waals surface area contributed by atoms with E-state index in [4.69, 9.17) is 11.6 Å². The van der Waals surface area contributed by atoms with Gasteiger partial charge in [0.05, 0.1) is 49.8 Å². The summed E-state index contributed by atoms with van der Waals surface area (Å²) in [6.45, 7) is 9.09. The molecule has 0 saturated carbocycles. The zero-order valence-electron chi connectivity index (χ0n) is 15.2. The summed E-state index contributed by atoms with van der Waals surface area (Å²) in [4.78, 5) is 3.71. The summed E-state index contributed by atoms with van der Waals surface area (Å²) in [5, 5.41) is 5.01. The van der Waals surface area contributed by atoms with Gasteiger partial charge in [-0.3, -0.25) is 5.43 Å². The van der Waals surface area contributed by atoms with Gasteiger partial charge in [-0.05, 0) is 50.2 Å². The molecule has 0 atom stereocenters. The number of benzene rings is 2. The number of rotatable bonds is 5. The normalized spacial score (nSPS) is 16.0. The predicted molar refractivity (Wildman–Crippen MR) is 107 cm³/mol. The smallest absolute Gasteiger partial charge is 0.147 e. The summed E-state index contributed by atoms with van der Waals surface area (Å²) in [7, 11) is 0. The molecule has 0 aromatic heterocycles. The Hall–Kier alpha value is -2.11. The van der Waals surface area contributed by atoms with E-state index in [1.165, 1.54) is 0 Å². The number of halogens is 2. The number of nitrogens with one attached hydrogen (secondary N) is 2. The molecule has 0 bridgehead atoms. The Labute approximate surface area is 159 Å². The fraction of sp³-hybridized carbons (Fsp3) is 0.350. The SMILES string of the molecule is CC[NH+]1CCN(c2ccc(/C(C)=N\Nc3ccc(Cl)cc3)cc2F)CC1. The van der Waals surface area contributed by atoms with Gasteiger partial charge in [0, 0.05) is 10.6 Å². The van der Waals surface area contributed by atoms with E-state index in [-0.39, 0.29) is 5.82 Å². The van der Waals surface area contributed by atoms with Crippen LogP contribution in [0.4, 0.5) is 15.8 Å². The Morgan fingerprint density at radius 3 is 2.50 bits per heavy atom. The van der Waals surface area contributed by atoms with Gasteiger partial charge in [-0.2, -0.15) is 5.10 Å². The van der Waals surface area contributed by atoms with E-state index in [0.717, 1.165) is 49.7 Å². The van der Waals surface area contributed by atoms with Crippen molar-refractivity contribution in [3.8, 4) is 0 Å². The standard InChI is InChI=1S/C20H24ClFN4/c1-3-25-10-12-26(13-11-25)20-9-4-16(14-19(20)22)15(2)23-24-18-7-5-17(21)6-8-18/h4-9,14,24H,3,10-13H2,1-2H3/p+1/b23-15-. The van der Waals surface area contributed by atoms with Gasteiger partial charge in [0.2, 0.25) is 0 Å². The number of hydrazone groups is 1. The molecular weight excluding hydrogens is 351 g/mol. The molecule has 0 aliphatic carbocycles. The van der Waals surface area contributed by atoms with E-state index in [9.17, 15) is 4.39 Å². The number of piperazine rings is 1. The second kappa shape index (κ2) is 8.52. The Morgan fingerprint density at radius 1 is 1.19 bits per heavy atom. The number of quaternary nitrogens is 1. The lowest BCUT2D eigenvalue weighted by Gasteiger charge is -2.33. The molecule has 26 heavy (non-hydrogen) atoms. The summed E-state index contributed by atoms with van der Waals surface area (Å²) < 4.78 is 14.6. The van der Waals surface area contributed by atoms with E-state index < -0.39 is 0 Å². The Morgan fingerprint density at radius 2 is 1.88 bits per heavy atom. The minimum absolute atomic E-state index is 0.191. The fourth-order valence-electron chi connectivity index (χ4n) is 3.14. The molecule has 6 heteroatoms. The van der Waals surface area contributed by atoms with Crippen LogP contribution < -0.4 is 15.2 Å². The van der Waals surface area contributed by atoms with Crippen molar-refractivity contribution in [3.05, 3.63) is 58.9 Å². The molecule has 1 saturated heterocycles. The molecule has 0 unspecified atom stereocenters. The first-order valence-corrected chi connectivity index (χ1v) is 9.39. The maximum atomic E-state index is 14.6. The molecule has 2 aromatic rings. The van der Waals surface area contributed by atoms with Crippen LogP contribution in [0.15, 0.2) is 47.6 Å². The van der Waals surface area contributed by atoms with E-state index in [0.29, 0.717) is 10.7 Å². The zero-order valence-corrected chi connectivity index (χ0v) is 16.0. The summed E-state index contributed by atoms with van der Waals surface area (Å²) in [5.74, 6) is -0.191. The average Bonchev–Trinajstić information content (AvgIpc) is 2.67. The van der Waals surface area contributed by atoms with Crippen LogP contribution in [0.5, 0.6) is 0 Å². The number of hydrogen-bond donors (Lipinski definition) is 2. The minimum atomic E-state index is -0.191. The molecule has 2 N–H and O–H groups in total. The van der Waals surface area contributed by atoms with Crippen molar-refractivity contribution in [1.82, 2.24) is 0 Å². The fourth-order valence-corrected chi connectivity index (χ4v) is 3.27. The van der Waals surface area contributed by atoms with Crippen molar-refractivity contribution >= 4 is 28.7 Å². The van der Waals surface area contributed by atoms with E-state index in [1.807, 2.05) is 31.2 Å². The zero-order chi connectivity index (χ0) is 18.5. The molecule has 0 amide bonds. The first-order chi connectivity index (χ1) is 12.6. The molecule has 4 nitrogen and oxygen atoms in total. The Bertz CT molecular complexity index is 768. The van der Waals surface area contributed by atoms with Gasteiger partial charge < -0.3 is 9.80 Å². The summed E-state index contributed by atoms with van der Waals surface area (Å²) in [6.07, 6.45) is 0. The van der Waals surface area contributed by atoms with Gasteiger partial charge in [0.25, 0.3) is 0 Å². The summed E-state index contributed by atoms with van der Waals surface area (Å²) >= 11 is 5.87. The highest BCUT2D eigenvalue weighted by molar-refractivity contribution is 6.30. The maximum Gasteiger partial charge on any atom is 0.147 e. The van der Waals surface area contributed by atoms with E-state index in [2.05, 4.69) is 22.4 Å². The second-order valence-electron chi connectivity index (χ2n) is 6.57.